The highest BCUT2D eigenvalue weighted by Gasteiger charge is 2.36. The van der Waals surface area contributed by atoms with Crippen LogP contribution in [0.3, 0.4) is 0 Å². The number of amides is 1. The van der Waals surface area contributed by atoms with Gasteiger partial charge in [0.05, 0.1) is 18.6 Å². The molecule has 0 N–H and O–H groups in total. The van der Waals surface area contributed by atoms with E-state index in [0.717, 1.165) is 31.2 Å². The molecule has 3 aromatic rings. The smallest absolute Gasteiger partial charge is 0.248 e. The van der Waals surface area contributed by atoms with Gasteiger partial charge in [-0.15, -0.1) is 0 Å². The average molecular weight is 584 g/mol. The normalized spacial score (nSPS) is 18.9. The van der Waals surface area contributed by atoms with Crippen LogP contribution in [0, 0.1) is 13.8 Å². The minimum atomic E-state index is -3.74. The van der Waals surface area contributed by atoms with Crippen LogP contribution in [0.1, 0.15) is 55.0 Å². The van der Waals surface area contributed by atoms with Crippen LogP contribution in [0.2, 0.25) is 0 Å². The first kappa shape index (κ1) is 29.2. The third kappa shape index (κ3) is 6.44. The van der Waals surface area contributed by atoms with Crippen LogP contribution in [-0.2, 0) is 19.6 Å². The molecule has 12 heteroatoms. The Morgan fingerprint density at radius 1 is 1.05 bits per heavy atom. The Hall–Kier alpha value is -3.35. The molecule has 2 fully saturated rings. The van der Waals surface area contributed by atoms with Gasteiger partial charge in [-0.1, -0.05) is 11.6 Å². The van der Waals surface area contributed by atoms with Crippen molar-refractivity contribution in [2.24, 2.45) is 0 Å². The van der Waals surface area contributed by atoms with Crippen molar-refractivity contribution in [2.75, 3.05) is 40.0 Å². The van der Waals surface area contributed by atoms with E-state index in [0.29, 0.717) is 59.5 Å². The first-order valence-corrected chi connectivity index (χ1v) is 15.5. The molecule has 1 unspecified atom stereocenters. The summed E-state index contributed by atoms with van der Waals surface area (Å²) < 4.78 is 45.7. The van der Waals surface area contributed by atoms with Gasteiger partial charge in [0.15, 0.2) is 0 Å². The molecule has 4 heterocycles. The number of rotatable bonds is 9. The van der Waals surface area contributed by atoms with E-state index in [4.69, 9.17) is 14.0 Å². The number of aromatic nitrogens is 3. The number of carbonyl (C=O) groups is 1. The van der Waals surface area contributed by atoms with Crippen molar-refractivity contribution in [3.8, 4) is 17.1 Å². The van der Waals surface area contributed by atoms with Crippen LogP contribution < -0.4 is 4.74 Å². The summed E-state index contributed by atoms with van der Waals surface area (Å²) in [5.41, 5.74) is 2.15. The largest absolute Gasteiger partial charge is 0.497 e. The Bertz CT molecular complexity index is 1430. The Morgan fingerprint density at radius 3 is 2.44 bits per heavy atom. The molecule has 2 aromatic heterocycles. The molecule has 0 saturated carbocycles. The molecule has 41 heavy (non-hydrogen) atoms. The fourth-order valence-corrected chi connectivity index (χ4v) is 7.87. The predicted octanol–water partition coefficient (Wildman–Crippen LogP) is 3.72. The molecule has 1 amide bonds. The Balaban J connectivity index is 1.14. The quantitative estimate of drug-likeness (QED) is 0.370. The van der Waals surface area contributed by atoms with E-state index in [1.54, 1.807) is 54.7 Å². The number of hydrogen-bond acceptors (Lipinski definition) is 9. The topological polar surface area (TPSA) is 128 Å². The van der Waals surface area contributed by atoms with Gasteiger partial charge in [-0.25, -0.2) is 8.42 Å². The highest BCUT2D eigenvalue weighted by molar-refractivity contribution is 7.89. The lowest BCUT2D eigenvalue weighted by Crippen LogP contribution is -2.47. The van der Waals surface area contributed by atoms with Crippen molar-refractivity contribution in [3.05, 3.63) is 53.7 Å². The summed E-state index contributed by atoms with van der Waals surface area (Å²) in [6, 6.07) is 6.84. The molecule has 5 rings (SSSR count). The van der Waals surface area contributed by atoms with E-state index in [9.17, 15) is 13.2 Å². The molecular formula is C29H37N5O6S. The van der Waals surface area contributed by atoms with Gasteiger partial charge in [-0.05, 0) is 74.9 Å². The highest BCUT2D eigenvalue weighted by Crippen LogP contribution is 2.32. The number of aryl methyl sites for hydroxylation is 2. The summed E-state index contributed by atoms with van der Waals surface area (Å²) in [4.78, 5) is 23.6. The van der Waals surface area contributed by atoms with Crippen molar-refractivity contribution < 1.29 is 27.2 Å². The molecule has 2 saturated heterocycles. The van der Waals surface area contributed by atoms with Gasteiger partial charge in [0, 0.05) is 49.6 Å². The summed E-state index contributed by atoms with van der Waals surface area (Å²) >= 11 is 0. The Labute approximate surface area is 240 Å². The zero-order valence-corrected chi connectivity index (χ0v) is 24.6. The molecule has 1 atom stereocenters. The van der Waals surface area contributed by atoms with Crippen molar-refractivity contribution in [1.29, 1.82) is 0 Å². The number of nitrogens with zero attached hydrogens (tertiary/aromatic N) is 5. The summed E-state index contributed by atoms with van der Waals surface area (Å²) in [6.07, 6.45) is 7.22. The summed E-state index contributed by atoms with van der Waals surface area (Å²) in [7, 11) is -2.17. The van der Waals surface area contributed by atoms with Crippen molar-refractivity contribution >= 4 is 15.9 Å². The maximum Gasteiger partial charge on any atom is 0.248 e. The van der Waals surface area contributed by atoms with Crippen molar-refractivity contribution in [3.63, 3.8) is 0 Å². The molecule has 0 aliphatic carbocycles. The lowest BCUT2D eigenvalue weighted by atomic mass is 9.97. The zero-order valence-electron chi connectivity index (χ0n) is 23.8. The van der Waals surface area contributed by atoms with Gasteiger partial charge in [-0.3, -0.25) is 9.78 Å². The second-order valence-corrected chi connectivity index (χ2v) is 12.5. The van der Waals surface area contributed by atoms with E-state index in [2.05, 4.69) is 15.1 Å². The van der Waals surface area contributed by atoms with Gasteiger partial charge < -0.3 is 18.9 Å². The number of hydrogen-bond donors (Lipinski definition) is 0. The summed E-state index contributed by atoms with van der Waals surface area (Å²) in [5, 5.41) is 4.09. The first-order chi connectivity index (χ1) is 19.8. The van der Waals surface area contributed by atoms with Gasteiger partial charge in [-0.2, -0.15) is 9.29 Å². The molecule has 0 bridgehead atoms. The molecule has 0 radical (unpaired) electrons. The summed E-state index contributed by atoms with van der Waals surface area (Å²) in [6.45, 7) is 5.24. The number of pyridine rings is 1. The molecular weight excluding hydrogens is 546 g/mol. The third-order valence-corrected chi connectivity index (χ3v) is 10.2. The predicted molar refractivity (Wildman–Crippen MR) is 151 cm³/mol. The second kappa shape index (κ2) is 12.7. The Morgan fingerprint density at radius 2 is 1.76 bits per heavy atom. The van der Waals surface area contributed by atoms with Crippen molar-refractivity contribution in [2.45, 2.75) is 62.8 Å². The number of methoxy groups -OCH3 is 1. The van der Waals surface area contributed by atoms with Crippen LogP contribution in [0.25, 0.3) is 11.4 Å². The van der Waals surface area contributed by atoms with E-state index in [1.165, 1.54) is 0 Å². The van der Waals surface area contributed by atoms with Crippen LogP contribution in [-0.4, -0.2) is 84.7 Å². The fourth-order valence-electron chi connectivity index (χ4n) is 5.78. The van der Waals surface area contributed by atoms with Gasteiger partial charge in [0.25, 0.3) is 0 Å². The lowest BCUT2D eigenvalue weighted by Gasteiger charge is -2.35. The van der Waals surface area contributed by atoms with Crippen LogP contribution >= 0.6 is 0 Å². The van der Waals surface area contributed by atoms with E-state index < -0.39 is 10.0 Å². The molecule has 220 valence electrons. The lowest BCUT2D eigenvalue weighted by molar-refractivity contribution is -0.137. The standard InChI is InChI=1S/C29H37N5O6S/c1-20-16-25(38-3)17-21(2)27(20)41(36,37)34-13-5-4-6-24(34)18-39-19-26(35)33-14-9-23(10-15-33)29-31-28(32-40-29)22-7-11-30-12-8-22/h7-8,11-12,16-17,23-24H,4-6,9-10,13-15,18-19H2,1-3H3. The number of likely N-dealkylation sites (tertiary alicyclic amines) is 1. The minimum Gasteiger partial charge on any atom is -0.497 e. The maximum absolute atomic E-state index is 13.7. The highest BCUT2D eigenvalue weighted by atomic mass is 32.2. The number of carbonyl (C=O) groups excluding carboxylic acids is 1. The van der Waals surface area contributed by atoms with Crippen LogP contribution in [0.5, 0.6) is 5.75 Å². The van der Waals surface area contributed by atoms with E-state index in [1.807, 2.05) is 12.1 Å². The number of sulfonamides is 1. The first-order valence-electron chi connectivity index (χ1n) is 14.0. The van der Waals surface area contributed by atoms with Gasteiger partial charge in [0.1, 0.15) is 12.4 Å². The molecule has 2 aliphatic rings. The molecule has 1 aromatic carbocycles. The van der Waals surface area contributed by atoms with E-state index in [-0.39, 0.29) is 31.1 Å². The molecule has 0 spiro atoms. The minimum absolute atomic E-state index is 0.0810. The fraction of sp³-hybridized carbons (Fsp3) is 0.517. The zero-order chi connectivity index (χ0) is 29.0. The summed E-state index contributed by atoms with van der Waals surface area (Å²) in [5.74, 6) is 1.74. The van der Waals surface area contributed by atoms with E-state index >= 15 is 0 Å². The number of benzene rings is 1. The SMILES string of the molecule is COc1cc(C)c(S(=O)(=O)N2CCCCC2COCC(=O)N2CCC(c3nc(-c4ccncc4)no3)CC2)c(C)c1. The molecule has 11 nitrogen and oxygen atoms in total. The van der Waals surface area contributed by atoms with Crippen molar-refractivity contribution in [1.82, 2.24) is 24.3 Å². The number of ether oxygens (including phenoxy) is 2. The third-order valence-electron chi connectivity index (χ3n) is 7.92. The average Bonchev–Trinajstić information content (AvgIpc) is 3.48. The number of piperidine rings is 2. The van der Waals surface area contributed by atoms with Crippen LogP contribution in [0.4, 0.5) is 0 Å². The van der Waals surface area contributed by atoms with Gasteiger partial charge >= 0.3 is 0 Å². The second-order valence-electron chi connectivity index (χ2n) is 10.7. The Kier molecular flexibility index (Phi) is 9.00. The molecule has 2 aliphatic heterocycles. The van der Waals surface area contributed by atoms with Gasteiger partial charge in [0.2, 0.25) is 27.6 Å². The maximum atomic E-state index is 13.7. The monoisotopic (exact) mass is 583 g/mol. The van der Waals surface area contributed by atoms with Crippen LogP contribution in [0.15, 0.2) is 46.1 Å².